The third-order valence-corrected chi connectivity index (χ3v) is 4.59. The molecule has 1 aliphatic rings. The Balaban J connectivity index is 2.46. The van der Waals surface area contributed by atoms with Gasteiger partial charge >= 0.3 is 5.97 Å². The van der Waals surface area contributed by atoms with E-state index in [1.807, 2.05) is 6.92 Å². The number of aldehydes is 1. The van der Waals surface area contributed by atoms with Crippen molar-refractivity contribution in [2.75, 3.05) is 7.11 Å². The Labute approximate surface area is 128 Å². The van der Waals surface area contributed by atoms with Crippen LogP contribution in [0.2, 0.25) is 0 Å². The largest absolute Gasteiger partial charge is 0.469 e. The van der Waals surface area contributed by atoms with Gasteiger partial charge in [-0.3, -0.25) is 4.79 Å². The van der Waals surface area contributed by atoms with E-state index in [2.05, 4.69) is 32.9 Å². The fourth-order valence-corrected chi connectivity index (χ4v) is 3.02. The molecule has 0 aliphatic heterocycles. The molecular weight excluding hydrogens is 264 g/mol. The highest BCUT2D eigenvalue weighted by Crippen LogP contribution is 2.60. The standard InChI is InChI=1S/C18H28O3/c1-13(2)8-6-9-14(3)10-7-11-18(4)15(12-19)16(18)17(20)21-5/h8,10,12,15-16H,6-7,9,11H2,1-5H3/b14-10+/t15-,16-,18+/m0/s1. The van der Waals surface area contributed by atoms with Crippen LogP contribution in [-0.2, 0) is 14.3 Å². The van der Waals surface area contributed by atoms with Crippen LogP contribution in [0, 0.1) is 17.3 Å². The van der Waals surface area contributed by atoms with Crippen molar-refractivity contribution in [3.8, 4) is 0 Å². The first-order valence-electron chi connectivity index (χ1n) is 7.69. The molecule has 0 amide bonds. The van der Waals surface area contributed by atoms with Crippen LogP contribution in [0.1, 0.15) is 53.4 Å². The van der Waals surface area contributed by atoms with E-state index in [1.54, 1.807) is 0 Å². The van der Waals surface area contributed by atoms with Gasteiger partial charge in [0.05, 0.1) is 13.0 Å². The minimum Gasteiger partial charge on any atom is -0.469 e. The van der Waals surface area contributed by atoms with Crippen LogP contribution in [0.4, 0.5) is 0 Å². The molecule has 0 radical (unpaired) electrons. The summed E-state index contributed by atoms with van der Waals surface area (Å²) in [6.45, 7) is 8.38. The first-order chi connectivity index (χ1) is 9.86. The lowest BCUT2D eigenvalue weighted by molar-refractivity contribution is -0.143. The number of hydrogen-bond donors (Lipinski definition) is 0. The molecule has 0 N–H and O–H groups in total. The van der Waals surface area contributed by atoms with E-state index in [1.165, 1.54) is 18.3 Å². The number of esters is 1. The molecule has 0 aromatic rings. The maximum Gasteiger partial charge on any atom is 0.309 e. The highest BCUT2D eigenvalue weighted by Gasteiger charge is 2.65. The molecule has 1 saturated carbocycles. The first kappa shape index (κ1) is 17.7. The fourth-order valence-electron chi connectivity index (χ4n) is 3.02. The van der Waals surface area contributed by atoms with Crippen LogP contribution in [0.15, 0.2) is 23.3 Å². The Morgan fingerprint density at radius 1 is 1.19 bits per heavy atom. The van der Waals surface area contributed by atoms with Crippen LogP contribution >= 0.6 is 0 Å². The molecule has 3 atom stereocenters. The minimum absolute atomic E-state index is 0.177. The molecule has 0 heterocycles. The second kappa shape index (κ2) is 7.58. The summed E-state index contributed by atoms with van der Waals surface area (Å²) in [6, 6.07) is 0. The van der Waals surface area contributed by atoms with Gasteiger partial charge in [-0.2, -0.15) is 0 Å². The Bertz CT molecular complexity index is 443. The van der Waals surface area contributed by atoms with Gasteiger partial charge < -0.3 is 9.53 Å². The number of methoxy groups -OCH3 is 1. The van der Waals surface area contributed by atoms with Gasteiger partial charge in [-0.25, -0.2) is 0 Å². The fraction of sp³-hybridized carbons (Fsp3) is 0.667. The van der Waals surface area contributed by atoms with E-state index < -0.39 is 0 Å². The topological polar surface area (TPSA) is 43.4 Å². The summed E-state index contributed by atoms with van der Waals surface area (Å²) >= 11 is 0. The molecule has 1 rings (SSSR count). The smallest absolute Gasteiger partial charge is 0.309 e. The Morgan fingerprint density at radius 2 is 1.86 bits per heavy atom. The summed E-state index contributed by atoms with van der Waals surface area (Å²) in [4.78, 5) is 22.7. The zero-order chi connectivity index (χ0) is 16.0. The molecule has 118 valence electrons. The van der Waals surface area contributed by atoms with Gasteiger partial charge in [0.2, 0.25) is 0 Å². The van der Waals surface area contributed by atoms with E-state index in [-0.39, 0.29) is 23.2 Å². The molecule has 0 saturated heterocycles. The van der Waals surface area contributed by atoms with E-state index in [0.717, 1.165) is 32.0 Å². The molecule has 0 unspecified atom stereocenters. The normalized spacial score (nSPS) is 28.0. The Hall–Kier alpha value is -1.38. The number of carbonyl (C=O) groups excluding carboxylic acids is 2. The van der Waals surface area contributed by atoms with Gasteiger partial charge in [-0.05, 0) is 51.9 Å². The first-order valence-corrected chi connectivity index (χ1v) is 7.69. The maximum absolute atomic E-state index is 11.7. The highest BCUT2D eigenvalue weighted by atomic mass is 16.5. The van der Waals surface area contributed by atoms with Gasteiger partial charge in [0, 0.05) is 5.92 Å². The van der Waals surface area contributed by atoms with E-state index >= 15 is 0 Å². The van der Waals surface area contributed by atoms with Crippen LogP contribution in [0.5, 0.6) is 0 Å². The highest BCUT2D eigenvalue weighted by molar-refractivity contribution is 5.84. The lowest BCUT2D eigenvalue weighted by Crippen LogP contribution is -2.09. The lowest BCUT2D eigenvalue weighted by atomic mass is 9.96. The van der Waals surface area contributed by atoms with E-state index in [0.29, 0.717) is 0 Å². The molecule has 0 aromatic carbocycles. The number of hydrogen-bond acceptors (Lipinski definition) is 3. The van der Waals surface area contributed by atoms with Gasteiger partial charge in [-0.1, -0.05) is 30.2 Å². The molecule has 1 aliphatic carbocycles. The third-order valence-electron chi connectivity index (χ3n) is 4.59. The molecule has 3 nitrogen and oxygen atoms in total. The Morgan fingerprint density at radius 3 is 2.38 bits per heavy atom. The molecular formula is C18H28O3. The predicted octanol–water partition coefficient (Wildman–Crippen LogP) is 4.08. The summed E-state index contributed by atoms with van der Waals surface area (Å²) in [5.41, 5.74) is 2.50. The predicted molar refractivity (Wildman–Crippen MR) is 84.8 cm³/mol. The van der Waals surface area contributed by atoms with Crippen molar-refractivity contribution in [1.82, 2.24) is 0 Å². The van der Waals surface area contributed by atoms with Gasteiger partial charge in [0.25, 0.3) is 0 Å². The summed E-state index contributed by atoms with van der Waals surface area (Å²) in [5, 5.41) is 0. The second-order valence-electron chi connectivity index (χ2n) is 6.58. The number of rotatable bonds is 8. The average Bonchev–Trinajstić information content (AvgIpc) is 3.02. The van der Waals surface area contributed by atoms with Crippen LogP contribution in [0.3, 0.4) is 0 Å². The van der Waals surface area contributed by atoms with E-state index in [9.17, 15) is 9.59 Å². The third kappa shape index (κ3) is 4.55. The number of carbonyl (C=O) groups is 2. The van der Waals surface area contributed by atoms with Crippen LogP contribution < -0.4 is 0 Å². The molecule has 0 spiro atoms. The summed E-state index contributed by atoms with van der Waals surface area (Å²) < 4.78 is 4.78. The molecule has 1 fully saturated rings. The maximum atomic E-state index is 11.7. The molecule has 21 heavy (non-hydrogen) atoms. The van der Waals surface area contributed by atoms with Gasteiger partial charge in [0.1, 0.15) is 6.29 Å². The molecule has 0 bridgehead atoms. The van der Waals surface area contributed by atoms with Crippen molar-refractivity contribution in [3.05, 3.63) is 23.3 Å². The second-order valence-corrected chi connectivity index (χ2v) is 6.58. The quantitative estimate of drug-likeness (QED) is 0.384. The lowest BCUT2D eigenvalue weighted by Gasteiger charge is -2.09. The van der Waals surface area contributed by atoms with Gasteiger partial charge in [0.15, 0.2) is 0 Å². The zero-order valence-electron chi connectivity index (χ0n) is 13.9. The van der Waals surface area contributed by atoms with Crippen molar-refractivity contribution in [1.29, 1.82) is 0 Å². The number of ether oxygens (including phenoxy) is 1. The molecule has 3 heteroatoms. The van der Waals surface area contributed by atoms with Crippen LogP contribution in [-0.4, -0.2) is 19.4 Å². The van der Waals surface area contributed by atoms with Crippen molar-refractivity contribution in [2.45, 2.75) is 53.4 Å². The van der Waals surface area contributed by atoms with Crippen LogP contribution in [0.25, 0.3) is 0 Å². The van der Waals surface area contributed by atoms with Crippen molar-refractivity contribution in [3.63, 3.8) is 0 Å². The van der Waals surface area contributed by atoms with Crippen molar-refractivity contribution < 1.29 is 14.3 Å². The zero-order valence-corrected chi connectivity index (χ0v) is 13.9. The van der Waals surface area contributed by atoms with Crippen molar-refractivity contribution in [2.24, 2.45) is 17.3 Å². The Kier molecular flexibility index (Phi) is 6.38. The van der Waals surface area contributed by atoms with Gasteiger partial charge in [-0.15, -0.1) is 0 Å². The van der Waals surface area contributed by atoms with E-state index in [4.69, 9.17) is 4.74 Å². The molecule has 0 aromatic heterocycles. The summed E-state index contributed by atoms with van der Waals surface area (Å²) in [5.74, 6) is -0.678. The monoisotopic (exact) mass is 292 g/mol. The summed E-state index contributed by atoms with van der Waals surface area (Å²) in [7, 11) is 1.39. The van der Waals surface area contributed by atoms with Crippen molar-refractivity contribution >= 4 is 12.3 Å². The average molecular weight is 292 g/mol. The summed E-state index contributed by atoms with van der Waals surface area (Å²) in [6.07, 6.45) is 9.30. The SMILES string of the molecule is COC(=O)[C@@H]1[C@H](C=O)[C@@]1(C)CC/C=C(\C)CCC=C(C)C. The minimum atomic E-state index is -0.251. The number of allylic oxidation sites excluding steroid dienone is 4.